The number of nitrogens with one attached hydrogen (secondary N) is 2. The zero-order chi connectivity index (χ0) is 31.8. The number of benzene rings is 3. The molecule has 0 aliphatic carbocycles. The van der Waals surface area contributed by atoms with Gasteiger partial charge in [-0.25, -0.2) is 4.67 Å². The molecule has 234 valence electrons. The summed E-state index contributed by atoms with van der Waals surface area (Å²) in [4.78, 5) is 27.4. The molecule has 2 aliphatic rings. The number of likely N-dealkylation sites (N-methyl/N-ethyl adjacent to an activating group) is 1. The molecule has 13 heteroatoms. The fraction of sp³-hybridized carbons (Fsp3) is 0.387. The fourth-order valence-electron chi connectivity index (χ4n) is 5.83. The van der Waals surface area contributed by atoms with Crippen LogP contribution >= 0.6 is 7.44 Å². The van der Waals surface area contributed by atoms with E-state index in [0.29, 0.717) is 54.4 Å². The van der Waals surface area contributed by atoms with E-state index < -0.39 is 18.3 Å². The highest BCUT2D eigenvalue weighted by atomic mass is 31.2. The maximum absolute atomic E-state index is 15.5. The normalized spacial score (nSPS) is 19.0. The minimum absolute atomic E-state index is 0.105. The highest BCUT2D eigenvalue weighted by Crippen LogP contribution is 2.54. The first-order valence-electron chi connectivity index (χ1n) is 14.3. The Bertz CT molecular complexity index is 1640. The van der Waals surface area contributed by atoms with Crippen LogP contribution in [-0.4, -0.2) is 69.1 Å². The van der Waals surface area contributed by atoms with Crippen LogP contribution in [0.3, 0.4) is 0 Å². The zero-order valence-electron chi connectivity index (χ0n) is 25.7. The SMILES string of the molecule is COc1ccc(C(=O)Nc2cc3c(cc2[P@@](=O)(Nc2ccccc2[N+](=O)[O-])N2CCOCC2)C(C)(C)[C@H](C)N3C)cc1OC. The molecule has 0 spiro atoms. The van der Waals surface area contributed by atoms with E-state index in [1.54, 1.807) is 41.1 Å². The molecule has 0 saturated carbocycles. The quantitative estimate of drug-likeness (QED) is 0.185. The second-order valence-corrected chi connectivity index (χ2v) is 13.9. The topological polar surface area (TPSA) is 136 Å². The highest BCUT2D eigenvalue weighted by molar-refractivity contribution is 7.71. The number of amides is 1. The summed E-state index contributed by atoms with van der Waals surface area (Å²) in [5, 5.41) is 18.4. The largest absolute Gasteiger partial charge is 0.493 e. The number of hydrogen-bond donors (Lipinski definition) is 2. The van der Waals surface area contributed by atoms with Gasteiger partial charge in [0.2, 0.25) is 0 Å². The monoisotopic (exact) mass is 623 g/mol. The number of carbonyl (C=O) groups is 1. The third kappa shape index (κ3) is 5.49. The van der Waals surface area contributed by atoms with Gasteiger partial charge in [0, 0.05) is 48.9 Å². The van der Waals surface area contributed by atoms with Crippen molar-refractivity contribution in [3.8, 4) is 11.5 Å². The molecule has 0 aromatic heterocycles. The van der Waals surface area contributed by atoms with Crippen LogP contribution < -0.4 is 30.1 Å². The van der Waals surface area contributed by atoms with Crippen molar-refractivity contribution in [2.24, 2.45) is 0 Å². The van der Waals surface area contributed by atoms with Crippen LogP contribution in [0.1, 0.15) is 36.7 Å². The molecule has 2 heterocycles. The van der Waals surface area contributed by atoms with Crippen molar-refractivity contribution in [2.45, 2.75) is 32.2 Å². The Morgan fingerprint density at radius 2 is 1.73 bits per heavy atom. The number of nitrogens with zero attached hydrogens (tertiary/aromatic N) is 3. The second kappa shape index (κ2) is 12.1. The second-order valence-electron chi connectivity index (χ2n) is 11.4. The number of methoxy groups -OCH3 is 2. The minimum Gasteiger partial charge on any atom is -0.493 e. The van der Waals surface area contributed by atoms with Crippen LogP contribution in [0, 0.1) is 10.1 Å². The van der Waals surface area contributed by atoms with Crippen molar-refractivity contribution in [2.75, 3.05) is 62.9 Å². The number of nitro groups is 1. The van der Waals surface area contributed by atoms with Crippen molar-refractivity contribution in [1.29, 1.82) is 0 Å². The average molecular weight is 624 g/mol. The number of carbonyl (C=O) groups excluding carboxylic acids is 1. The summed E-state index contributed by atoms with van der Waals surface area (Å²) < 4.78 is 33.6. The van der Waals surface area contributed by atoms with Gasteiger partial charge >= 0.3 is 0 Å². The smallest absolute Gasteiger partial charge is 0.292 e. The lowest BCUT2D eigenvalue weighted by atomic mass is 9.81. The number of anilines is 3. The summed E-state index contributed by atoms with van der Waals surface area (Å²) in [7, 11) is 1.14. The fourth-order valence-corrected chi connectivity index (χ4v) is 8.39. The van der Waals surface area contributed by atoms with E-state index in [-0.39, 0.29) is 22.8 Å². The van der Waals surface area contributed by atoms with E-state index in [0.717, 1.165) is 11.3 Å². The highest BCUT2D eigenvalue weighted by Gasteiger charge is 2.44. The van der Waals surface area contributed by atoms with E-state index in [1.165, 1.54) is 20.3 Å². The Morgan fingerprint density at radius 1 is 1.05 bits per heavy atom. The number of para-hydroxylation sites is 2. The first-order chi connectivity index (χ1) is 20.9. The van der Waals surface area contributed by atoms with Gasteiger partial charge in [-0.05, 0) is 48.9 Å². The molecule has 1 amide bonds. The number of morpholine rings is 1. The number of fused-ring (bicyclic) bond motifs is 1. The van der Waals surface area contributed by atoms with E-state index >= 15 is 4.57 Å². The Labute approximate surface area is 256 Å². The molecule has 44 heavy (non-hydrogen) atoms. The Hall–Kier alpha value is -4.12. The zero-order valence-corrected chi connectivity index (χ0v) is 26.6. The summed E-state index contributed by atoms with van der Waals surface area (Å²) >= 11 is 0. The van der Waals surface area contributed by atoms with Crippen molar-refractivity contribution < 1.29 is 28.5 Å². The molecule has 2 N–H and O–H groups in total. The van der Waals surface area contributed by atoms with Gasteiger partial charge in [0.05, 0.1) is 43.3 Å². The lowest BCUT2D eigenvalue weighted by Crippen LogP contribution is -2.40. The van der Waals surface area contributed by atoms with Crippen LogP contribution in [0.25, 0.3) is 0 Å². The van der Waals surface area contributed by atoms with Crippen molar-refractivity contribution in [1.82, 2.24) is 4.67 Å². The molecule has 12 nitrogen and oxygen atoms in total. The molecule has 1 saturated heterocycles. The molecule has 1 fully saturated rings. The first kappa shape index (κ1) is 31.3. The van der Waals surface area contributed by atoms with Gasteiger partial charge < -0.3 is 29.5 Å². The van der Waals surface area contributed by atoms with E-state index in [4.69, 9.17) is 14.2 Å². The number of nitro benzene ring substituents is 1. The maximum atomic E-state index is 15.5. The Morgan fingerprint density at radius 3 is 2.39 bits per heavy atom. The van der Waals surface area contributed by atoms with Gasteiger partial charge in [0.1, 0.15) is 5.69 Å². The molecule has 0 unspecified atom stereocenters. The Balaban J connectivity index is 1.70. The predicted molar refractivity (Wildman–Crippen MR) is 171 cm³/mol. The van der Waals surface area contributed by atoms with Crippen molar-refractivity contribution >= 4 is 41.4 Å². The standard InChI is InChI=1S/C31H38N5O7P/c1-20-31(2,3)22-18-29(44(40,35-13-15-43-16-14-35)33-23-9-7-8-10-25(23)36(38)39)24(19-26(22)34(20)4)32-30(37)21-11-12-27(41-5)28(17-21)42-6/h7-12,17-20H,13-16H2,1-6H3,(H,32,37)(H,33,40)/t20-,44+/m0/s1. The lowest BCUT2D eigenvalue weighted by molar-refractivity contribution is -0.383. The summed E-state index contributed by atoms with van der Waals surface area (Å²) in [6, 6.07) is 14.8. The molecule has 3 aromatic carbocycles. The number of ether oxygens (including phenoxy) is 3. The van der Waals surface area contributed by atoms with Gasteiger partial charge in [0.15, 0.2) is 11.5 Å². The van der Waals surface area contributed by atoms with Crippen molar-refractivity contribution in [3.63, 3.8) is 0 Å². The molecule has 3 aromatic rings. The summed E-state index contributed by atoms with van der Waals surface area (Å²) in [5.41, 5.74) is 2.10. The van der Waals surface area contributed by atoms with Crippen LogP contribution in [-0.2, 0) is 14.7 Å². The molecule has 0 radical (unpaired) electrons. The van der Waals surface area contributed by atoms with Gasteiger partial charge in [0.25, 0.3) is 19.0 Å². The lowest BCUT2D eigenvalue weighted by Gasteiger charge is -2.36. The van der Waals surface area contributed by atoms with Gasteiger partial charge in [-0.1, -0.05) is 26.0 Å². The molecular formula is C31H38N5O7P. The molecule has 2 atom stereocenters. The van der Waals surface area contributed by atoms with Crippen LogP contribution in [0.15, 0.2) is 54.6 Å². The van der Waals surface area contributed by atoms with Crippen LogP contribution in [0.4, 0.5) is 22.7 Å². The molecule has 5 rings (SSSR count). The summed E-state index contributed by atoms with van der Waals surface area (Å²) in [5.74, 6) is 0.423. The van der Waals surface area contributed by atoms with E-state index in [1.807, 2.05) is 19.2 Å². The Kier molecular flexibility index (Phi) is 8.62. The predicted octanol–water partition coefficient (Wildman–Crippen LogP) is 5.24. The third-order valence-electron chi connectivity index (χ3n) is 8.79. The maximum Gasteiger partial charge on any atom is 0.292 e. The van der Waals surface area contributed by atoms with Gasteiger partial charge in [-0.3, -0.25) is 19.5 Å². The average Bonchev–Trinajstić information content (AvgIpc) is 3.19. The molecule has 0 bridgehead atoms. The van der Waals surface area contributed by atoms with Crippen molar-refractivity contribution in [3.05, 3.63) is 75.8 Å². The minimum atomic E-state index is -3.86. The number of hydrogen-bond acceptors (Lipinski definition) is 8. The van der Waals surface area contributed by atoms with Gasteiger partial charge in [-0.2, -0.15) is 0 Å². The van der Waals surface area contributed by atoms with Crippen LogP contribution in [0.2, 0.25) is 0 Å². The van der Waals surface area contributed by atoms with E-state index in [2.05, 4.69) is 36.1 Å². The van der Waals surface area contributed by atoms with Crippen LogP contribution in [0.5, 0.6) is 11.5 Å². The first-order valence-corrected chi connectivity index (χ1v) is 16.0. The molecule has 2 aliphatic heterocycles. The summed E-state index contributed by atoms with van der Waals surface area (Å²) in [6.07, 6.45) is 0. The van der Waals surface area contributed by atoms with Gasteiger partial charge in [-0.15, -0.1) is 0 Å². The van der Waals surface area contributed by atoms with E-state index in [9.17, 15) is 14.9 Å². The third-order valence-corrected chi connectivity index (χ3v) is 11.6. The molecular weight excluding hydrogens is 585 g/mol. The summed E-state index contributed by atoms with van der Waals surface area (Å²) in [6.45, 7) is 7.70. The number of rotatable bonds is 9.